The second kappa shape index (κ2) is 11.8. The van der Waals surface area contributed by atoms with Crippen LogP contribution in [0.3, 0.4) is 0 Å². The lowest BCUT2D eigenvalue weighted by Gasteiger charge is -2.30. The van der Waals surface area contributed by atoms with E-state index in [1.54, 1.807) is 6.07 Å². The SMILES string of the molecule is CC(=O)NCCc1ccc(O[C@@H]2CCC[C@@H](OCc3ccccc3)C2)cc1-c1cccc(F)c1. The van der Waals surface area contributed by atoms with Crippen molar-refractivity contribution in [3.63, 3.8) is 0 Å². The summed E-state index contributed by atoms with van der Waals surface area (Å²) in [5.74, 6) is 0.437. The Hall–Kier alpha value is -3.18. The molecule has 1 N–H and O–H groups in total. The van der Waals surface area contributed by atoms with Crippen molar-refractivity contribution in [2.24, 2.45) is 0 Å². The van der Waals surface area contributed by atoms with Crippen LogP contribution in [-0.2, 0) is 22.6 Å². The van der Waals surface area contributed by atoms with Crippen molar-refractivity contribution in [1.29, 1.82) is 0 Å². The number of nitrogens with one attached hydrogen (secondary N) is 1. The summed E-state index contributed by atoms with van der Waals surface area (Å²) in [5.41, 5.74) is 3.95. The Labute approximate surface area is 201 Å². The van der Waals surface area contributed by atoms with E-state index in [0.29, 0.717) is 19.6 Å². The second-order valence-electron chi connectivity index (χ2n) is 8.89. The molecule has 1 amide bonds. The molecule has 178 valence electrons. The van der Waals surface area contributed by atoms with Gasteiger partial charge in [-0.15, -0.1) is 0 Å². The van der Waals surface area contributed by atoms with Gasteiger partial charge in [0.05, 0.1) is 12.7 Å². The summed E-state index contributed by atoms with van der Waals surface area (Å²) in [7, 11) is 0. The Morgan fingerprint density at radius 3 is 2.62 bits per heavy atom. The van der Waals surface area contributed by atoms with Crippen molar-refractivity contribution >= 4 is 5.91 Å². The van der Waals surface area contributed by atoms with Gasteiger partial charge in [-0.1, -0.05) is 48.5 Å². The summed E-state index contributed by atoms with van der Waals surface area (Å²) < 4.78 is 26.5. The Kier molecular flexibility index (Phi) is 8.31. The van der Waals surface area contributed by atoms with E-state index in [1.807, 2.05) is 42.5 Å². The first-order valence-corrected chi connectivity index (χ1v) is 12.0. The number of halogens is 1. The summed E-state index contributed by atoms with van der Waals surface area (Å²) >= 11 is 0. The van der Waals surface area contributed by atoms with Gasteiger partial charge in [-0.3, -0.25) is 4.79 Å². The maximum absolute atomic E-state index is 14.0. The molecule has 0 spiro atoms. The zero-order valence-corrected chi connectivity index (χ0v) is 19.6. The van der Waals surface area contributed by atoms with E-state index in [2.05, 4.69) is 17.4 Å². The molecule has 0 heterocycles. The molecule has 0 aromatic heterocycles. The minimum absolute atomic E-state index is 0.0615. The fraction of sp³-hybridized carbons (Fsp3) is 0.345. The smallest absolute Gasteiger partial charge is 0.216 e. The maximum Gasteiger partial charge on any atom is 0.216 e. The van der Waals surface area contributed by atoms with Crippen molar-refractivity contribution in [3.8, 4) is 16.9 Å². The topological polar surface area (TPSA) is 47.6 Å². The molecule has 0 aliphatic heterocycles. The third-order valence-corrected chi connectivity index (χ3v) is 6.19. The molecular formula is C29H32FNO3. The lowest BCUT2D eigenvalue weighted by Crippen LogP contribution is -2.30. The summed E-state index contributed by atoms with van der Waals surface area (Å²) in [6.45, 7) is 2.65. The average Bonchev–Trinajstić information content (AvgIpc) is 2.84. The van der Waals surface area contributed by atoms with Gasteiger partial charge in [0.2, 0.25) is 5.91 Å². The first-order valence-electron chi connectivity index (χ1n) is 12.0. The number of benzene rings is 3. The van der Waals surface area contributed by atoms with E-state index >= 15 is 0 Å². The third-order valence-electron chi connectivity index (χ3n) is 6.19. The van der Waals surface area contributed by atoms with Crippen molar-refractivity contribution < 1.29 is 18.7 Å². The Morgan fingerprint density at radius 1 is 1.00 bits per heavy atom. The van der Waals surface area contributed by atoms with Gasteiger partial charge < -0.3 is 14.8 Å². The molecule has 0 unspecified atom stereocenters. The molecule has 4 nitrogen and oxygen atoms in total. The summed E-state index contributed by atoms with van der Waals surface area (Å²) in [6, 6.07) is 22.8. The molecule has 3 aromatic carbocycles. The standard InChI is InChI=1S/C29H32FNO3/c1-21(32)31-16-15-23-13-14-28(19-29(23)24-9-5-10-25(30)17-24)34-27-12-6-11-26(18-27)33-20-22-7-3-2-4-8-22/h2-5,7-10,13-14,17,19,26-27H,6,11-12,15-16,18,20H2,1H3,(H,31,32)/t26-,27-/m1/s1. The van der Waals surface area contributed by atoms with Gasteiger partial charge in [-0.2, -0.15) is 0 Å². The Morgan fingerprint density at radius 2 is 1.82 bits per heavy atom. The van der Waals surface area contributed by atoms with Crippen LogP contribution in [0.5, 0.6) is 5.75 Å². The lowest BCUT2D eigenvalue weighted by atomic mass is 9.94. The zero-order chi connectivity index (χ0) is 23.8. The number of hydrogen-bond acceptors (Lipinski definition) is 3. The van der Waals surface area contributed by atoms with Crippen LogP contribution in [0.4, 0.5) is 4.39 Å². The third kappa shape index (κ3) is 6.91. The predicted octanol–water partition coefficient (Wildman–Crippen LogP) is 6.08. The molecule has 1 aliphatic carbocycles. The van der Waals surface area contributed by atoms with Gasteiger partial charge in [0, 0.05) is 19.9 Å². The number of amides is 1. The van der Waals surface area contributed by atoms with Gasteiger partial charge in [-0.05, 0) is 72.2 Å². The molecule has 4 rings (SSSR count). The van der Waals surface area contributed by atoms with Crippen LogP contribution in [0.25, 0.3) is 11.1 Å². The van der Waals surface area contributed by atoms with Crippen LogP contribution in [0.1, 0.15) is 43.7 Å². The largest absolute Gasteiger partial charge is 0.490 e. The van der Waals surface area contributed by atoms with Crippen LogP contribution in [0, 0.1) is 5.82 Å². The minimum atomic E-state index is -0.276. The quantitative estimate of drug-likeness (QED) is 0.420. The maximum atomic E-state index is 14.0. The van der Waals surface area contributed by atoms with Crippen molar-refractivity contribution in [2.75, 3.05) is 6.54 Å². The van der Waals surface area contributed by atoms with Crippen LogP contribution in [0.15, 0.2) is 72.8 Å². The van der Waals surface area contributed by atoms with Crippen molar-refractivity contribution in [3.05, 3.63) is 89.7 Å². The molecule has 2 atom stereocenters. The molecule has 5 heteroatoms. The number of rotatable bonds is 9. The van der Waals surface area contributed by atoms with E-state index in [0.717, 1.165) is 48.1 Å². The van der Waals surface area contributed by atoms with Gasteiger partial charge in [0.25, 0.3) is 0 Å². The van der Waals surface area contributed by atoms with Gasteiger partial charge >= 0.3 is 0 Å². The Balaban J connectivity index is 1.44. The van der Waals surface area contributed by atoms with E-state index in [4.69, 9.17) is 9.47 Å². The van der Waals surface area contributed by atoms with Crippen molar-refractivity contribution in [1.82, 2.24) is 5.32 Å². The highest BCUT2D eigenvalue weighted by Crippen LogP contribution is 2.32. The van der Waals surface area contributed by atoms with E-state index in [-0.39, 0.29) is 23.9 Å². The number of carbonyl (C=O) groups is 1. The first kappa shape index (κ1) is 24.0. The molecule has 0 bridgehead atoms. The van der Waals surface area contributed by atoms with E-state index in [1.165, 1.54) is 24.6 Å². The normalized spacial score (nSPS) is 17.8. The van der Waals surface area contributed by atoms with Crippen molar-refractivity contribution in [2.45, 2.75) is 57.8 Å². The highest BCUT2D eigenvalue weighted by atomic mass is 19.1. The molecular weight excluding hydrogens is 429 g/mol. The molecule has 0 saturated heterocycles. The summed E-state index contributed by atoms with van der Waals surface area (Å²) in [5, 5.41) is 2.83. The van der Waals surface area contributed by atoms with Crippen LogP contribution in [0.2, 0.25) is 0 Å². The van der Waals surface area contributed by atoms with Crippen LogP contribution < -0.4 is 10.1 Å². The van der Waals surface area contributed by atoms with Crippen LogP contribution >= 0.6 is 0 Å². The summed E-state index contributed by atoms with van der Waals surface area (Å²) in [4.78, 5) is 11.3. The summed E-state index contributed by atoms with van der Waals surface area (Å²) in [6.07, 6.45) is 4.87. The lowest BCUT2D eigenvalue weighted by molar-refractivity contribution is -0.118. The van der Waals surface area contributed by atoms with E-state index < -0.39 is 0 Å². The van der Waals surface area contributed by atoms with Gasteiger partial charge in [-0.25, -0.2) is 4.39 Å². The van der Waals surface area contributed by atoms with Gasteiger partial charge in [0.15, 0.2) is 0 Å². The van der Waals surface area contributed by atoms with Crippen LogP contribution in [-0.4, -0.2) is 24.7 Å². The molecule has 1 aliphatic rings. The zero-order valence-electron chi connectivity index (χ0n) is 19.6. The van der Waals surface area contributed by atoms with Gasteiger partial charge in [0.1, 0.15) is 17.7 Å². The fourth-order valence-electron chi connectivity index (χ4n) is 4.49. The predicted molar refractivity (Wildman–Crippen MR) is 132 cm³/mol. The molecule has 1 saturated carbocycles. The fourth-order valence-corrected chi connectivity index (χ4v) is 4.49. The highest BCUT2D eigenvalue weighted by Gasteiger charge is 2.24. The molecule has 1 fully saturated rings. The number of ether oxygens (including phenoxy) is 2. The molecule has 3 aromatic rings. The minimum Gasteiger partial charge on any atom is -0.490 e. The number of hydrogen-bond donors (Lipinski definition) is 1. The Bertz CT molecular complexity index is 1090. The number of carbonyl (C=O) groups excluding carboxylic acids is 1. The molecule has 0 radical (unpaired) electrons. The van der Waals surface area contributed by atoms with E-state index in [9.17, 15) is 9.18 Å². The highest BCUT2D eigenvalue weighted by molar-refractivity contribution is 5.73. The average molecular weight is 462 g/mol. The second-order valence-corrected chi connectivity index (χ2v) is 8.89. The monoisotopic (exact) mass is 461 g/mol. The molecule has 34 heavy (non-hydrogen) atoms. The first-order chi connectivity index (χ1) is 16.6.